The molecular formula is C17H22ClN3OS. The normalized spacial score (nSPS) is 19.9. The van der Waals surface area contributed by atoms with Gasteiger partial charge in [0, 0.05) is 56.1 Å². The van der Waals surface area contributed by atoms with E-state index < -0.39 is 0 Å². The summed E-state index contributed by atoms with van der Waals surface area (Å²) in [6, 6.07) is 4.13. The largest absolute Gasteiger partial charge is 0.361 e. The molecule has 0 atom stereocenters. The predicted molar refractivity (Wildman–Crippen MR) is 93.0 cm³/mol. The molecule has 1 aliphatic heterocycles. The highest BCUT2D eigenvalue weighted by Gasteiger charge is 2.23. The fourth-order valence-electron chi connectivity index (χ4n) is 3.55. The molecule has 23 heavy (non-hydrogen) atoms. The zero-order chi connectivity index (χ0) is 15.6. The third kappa shape index (κ3) is 3.63. The molecule has 0 radical (unpaired) electrons. The van der Waals surface area contributed by atoms with Gasteiger partial charge in [-0.2, -0.15) is 0 Å². The minimum Gasteiger partial charge on any atom is -0.361 e. The first-order valence-corrected chi connectivity index (χ1v) is 9.62. The average molecular weight is 352 g/mol. The Morgan fingerprint density at radius 3 is 2.52 bits per heavy atom. The Hall–Kier alpha value is -0.880. The van der Waals surface area contributed by atoms with Crippen LogP contribution in [0, 0.1) is 0 Å². The van der Waals surface area contributed by atoms with Crippen LogP contribution >= 0.6 is 22.9 Å². The fraction of sp³-hybridized carbons (Fsp3) is 0.588. The van der Waals surface area contributed by atoms with Crippen molar-refractivity contribution in [1.29, 1.82) is 0 Å². The highest BCUT2D eigenvalue weighted by Crippen LogP contribution is 2.26. The van der Waals surface area contributed by atoms with E-state index in [1.165, 1.54) is 29.0 Å². The molecule has 0 bridgehead atoms. The van der Waals surface area contributed by atoms with Crippen LogP contribution in [0.5, 0.6) is 0 Å². The van der Waals surface area contributed by atoms with Crippen molar-refractivity contribution in [1.82, 2.24) is 15.0 Å². The molecule has 0 aromatic carbocycles. The number of rotatable bonds is 4. The second kappa shape index (κ2) is 6.93. The molecule has 0 N–H and O–H groups in total. The van der Waals surface area contributed by atoms with Gasteiger partial charge < -0.3 is 4.52 Å². The second-order valence-corrected chi connectivity index (χ2v) is 8.30. The molecule has 0 spiro atoms. The Morgan fingerprint density at radius 1 is 1.04 bits per heavy atom. The fourth-order valence-corrected chi connectivity index (χ4v) is 4.68. The van der Waals surface area contributed by atoms with Crippen LogP contribution in [0.15, 0.2) is 16.7 Å². The number of aryl methyl sites for hydroxylation is 1. The van der Waals surface area contributed by atoms with Crippen molar-refractivity contribution < 1.29 is 4.52 Å². The molecule has 2 aromatic rings. The maximum atomic E-state index is 6.01. The van der Waals surface area contributed by atoms with Gasteiger partial charge in [0.15, 0.2) is 0 Å². The van der Waals surface area contributed by atoms with Crippen LogP contribution in [0.3, 0.4) is 0 Å². The van der Waals surface area contributed by atoms with Crippen LogP contribution in [-0.2, 0) is 25.9 Å². The standard InChI is InChI=1S/C17H22ClN3OS/c18-17-6-5-13(23-17)11-20-7-9-21(10-8-20)12-15-14-3-1-2-4-16(14)22-19-15/h5-6H,1-4,7-12H2. The highest BCUT2D eigenvalue weighted by molar-refractivity contribution is 7.16. The smallest absolute Gasteiger partial charge is 0.140 e. The third-order valence-electron chi connectivity index (χ3n) is 4.88. The molecule has 2 aromatic heterocycles. The zero-order valence-corrected chi connectivity index (χ0v) is 14.8. The Morgan fingerprint density at radius 2 is 1.78 bits per heavy atom. The van der Waals surface area contributed by atoms with Crippen LogP contribution < -0.4 is 0 Å². The van der Waals surface area contributed by atoms with Gasteiger partial charge in [-0.3, -0.25) is 9.80 Å². The van der Waals surface area contributed by atoms with Crippen molar-refractivity contribution in [3.8, 4) is 0 Å². The number of thiophene rings is 1. The molecular weight excluding hydrogens is 330 g/mol. The quantitative estimate of drug-likeness (QED) is 0.842. The summed E-state index contributed by atoms with van der Waals surface area (Å²) >= 11 is 7.70. The van der Waals surface area contributed by atoms with E-state index in [2.05, 4.69) is 21.0 Å². The second-order valence-electron chi connectivity index (χ2n) is 6.50. The summed E-state index contributed by atoms with van der Waals surface area (Å²) in [5, 5.41) is 4.34. The van der Waals surface area contributed by atoms with Gasteiger partial charge in [-0.1, -0.05) is 16.8 Å². The summed E-state index contributed by atoms with van der Waals surface area (Å²) in [6.45, 7) is 6.37. The van der Waals surface area contributed by atoms with Crippen molar-refractivity contribution in [3.63, 3.8) is 0 Å². The van der Waals surface area contributed by atoms with E-state index in [0.717, 1.165) is 62.2 Å². The van der Waals surface area contributed by atoms with Crippen LogP contribution in [0.4, 0.5) is 0 Å². The number of piperazine rings is 1. The Balaban J connectivity index is 1.30. The molecule has 1 saturated heterocycles. The Bertz CT molecular complexity index is 661. The summed E-state index contributed by atoms with van der Waals surface area (Å²) in [4.78, 5) is 6.37. The summed E-state index contributed by atoms with van der Waals surface area (Å²) in [5.74, 6) is 1.14. The lowest BCUT2D eigenvalue weighted by Crippen LogP contribution is -2.45. The summed E-state index contributed by atoms with van der Waals surface area (Å²) in [5.41, 5.74) is 2.57. The summed E-state index contributed by atoms with van der Waals surface area (Å²) in [7, 11) is 0. The van der Waals surface area contributed by atoms with Crippen LogP contribution in [0.2, 0.25) is 4.34 Å². The van der Waals surface area contributed by atoms with Gasteiger partial charge in [-0.15, -0.1) is 11.3 Å². The maximum absolute atomic E-state index is 6.01. The summed E-state index contributed by atoms with van der Waals surface area (Å²) in [6.07, 6.45) is 4.73. The molecule has 4 rings (SSSR count). The van der Waals surface area contributed by atoms with Crippen LogP contribution in [0.1, 0.15) is 34.7 Å². The number of aromatic nitrogens is 1. The zero-order valence-electron chi connectivity index (χ0n) is 13.3. The van der Waals surface area contributed by atoms with Gasteiger partial charge >= 0.3 is 0 Å². The molecule has 1 fully saturated rings. The van der Waals surface area contributed by atoms with E-state index in [-0.39, 0.29) is 0 Å². The lowest BCUT2D eigenvalue weighted by molar-refractivity contribution is 0.120. The number of halogens is 1. The third-order valence-corrected chi connectivity index (χ3v) is 6.09. The van der Waals surface area contributed by atoms with E-state index in [0.29, 0.717) is 0 Å². The van der Waals surface area contributed by atoms with Gasteiger partial charge in [0.05, 0.1) is 4.34 Å². The number of nitrogens with zero attached hydrogens (tertiary/aromatic N) is 3. The van der Waals surface area contributed by atoms with Gasteiger partial charge in [-0.05, 0) is 31.4 Å². The lowest BCUT2D eigenvalue weighted by atomic mass is 9.96. The van der Waals surface area contributed by atoms with Gasteiger partial charge in [0.2, 0.25) is 0 Å². The van der Waals surface area contributed by atoms with Crippen LogP contribution in [-0.4, -0.2) is 41.1 Å². The number of fused-ring (bicyclic) bond motifs is 1. The first-order valence-electron chi connectivity index (χ1n) is 8.43. The monoisotopic (exact) mass is 351 g/mol. The predicted octanol–water partition coefficient (Wildman–Crippen LogP) is 3.59. The molecule has 3 heterocycles. The average Bonchev–Trinajstić information content (AvgIpc) is 3.16. The summed E-state index contributed by atoms with van der Waals surface area (Å²) < 4.78 is 6.42. The van der Waals surface area contributed by atoms with Crippen LogP contribution in [0.25, 0.3) is 0 Å². The van der Waals surface area contributed by atoms with Gasteiger partial charge in [0.1, 0.15) is 11.5 Å². The molecule has 2 aliphatic rings. The van der Waals surface area contributed by atoms with Crippen molar-refractivity contribution in [2.75, 3.05) is 26.2 Å². The van der Waals surface area contributed by atoms with E-state index in [1.807, 2.05) is 6.07 Å². The molecule has 0 unspecified atom stereocenters. The minimum atomic E-state index is 0.884. The molecule has 124 valence electrons. The van der Waals surface area contributed by atoms with Crippen molar-refractivity contribution in [3.05, 3.63) is 38.4 Å². The van der Waals surface area contributed by atoms with E-state index in [1.54, 1.807) is 11.3 Å². The van der Waals surface area contributed by atoms with Gasteiger partial charge in [0.25, 0.3) is 0 Å². The number of hydrogen-bond donors (Lipinski definition) is 0. The molecule has 1 aliphatic carbocycles. The molecule has 6 heteroatoms. The van der Waals surface area contributed by atoms with Gasteiger partial charge in [-0.25, -0.2) is 0 Å². The maximum Gasteiger partial charge on any atom is 0.140 e. The number of hydrogen-bond acceptors (Lipinski definition) is 5. The van der Waals surface area contributed by atoms with E-state index in [4.69, 9.17) is 16.1 Å². The molecule has 0 amide bonds. The minimum absolute atomic E-state index is 0.884. The van der Waals surface area contributed by atoms with E-state index >= 15 is 0 Å². The molecule has 0 saturated carbocycles. The highest BCUT2D eigenvalue weighted by atomic mass is 35.5. The van der Waals surface area contributed by atoms with E-state index in [9.17, 15) is 0 Å². The Kier molecular flexibility index (Phi) is 4.71. The topological polar surface area (TPSA) is 32.5 Å². The molecule has 4 nitrogen and oxygen atoms in total. The van der Waals surface area contributed by atoms with Crippen molar-refractivity contribution >= 4 is 22.9 Å². The van der Waals surface area contributed by atoms with Crippen molar-refractivity contribution in [2.45, 2.75) is 38.8 Å². The SMILES string of the molecule is Clc1ccc(CN2CCN(Cc3noc4c3CCCC4)CC2)s1. The lowest BCUT2D eigenvalue weighted by Gasteiger charge is -2.34. The Labute approximate surface area is 146 Å². The first-order chi connectivity index (χ1) is 11.3. The van der Waals surface area contributed by atoms with Crippen molar-refractivity contribution in [2.24, 2.45) is 0 Å². The first kappa shape index (κ1) is 15.6.